The van der Waals surface area contributed by atoms with Crippen LogP contribution in [-0.2, 0) is 6.42 Å². The Morgan fingerprint density at radius 2 is 1.57 bits per heavy atom. The van der Waals surface area contributed by atoms with Crippen LogP contribution in [0.3, 0.4) is 0 Å². The Balaban J connectivity index is 2.22. The number of rotatable bonds is 6. The van der Waals surface area contributed by atoms with Crippen molar-refractivity contribution >= 4 is 0 Å². The average Bonchev–Trinajstić information content (AvgIpc) is 2.54. The molecule has 2 atom stereocenters. The van der Waals surface area contributed by atoms with Crippen LogP contribution in [0.25, 0.3) is 0 Å². The van der Waals surface area contributed by atoms with E-state index in [2.05, 4.69) is 69.3 Å². The van der Waals surface area contributed by atoms with Crippen LogP contribution < -0.4 is 4.74 Å². The Morgan fingerprint density at radius 3 is 2.10 bits per heavy atom. The first-order valence-corrected chi connectivity index (χ1v) is 7.83. The van der Waals surface area contributed by atoms with Crippen molar-refractivity contribution in [1.82, 2.24) is 0 Å². The Bertz CT molecular complexity index is 539. The van der Waals surface area contributed by atoms with Crippen LogP contribution in [0, 0.1) is 12.8 Å². The summed E-state index contributed by atoms with van der Waals surface area (Å²) in [7, 11) is 1.72. The van der Waals surface area contributed by atoms with Gasteiger partial charge in [-0.05, 0) is 48.4 Å². The molecule has 0 N–H and O–H groups in total. The molecule has 2 unspecified atom stereocenters. The van der Waals surface area contributed by atoms with E-state index >= 15 is 0 Å². The van der Waals surface area contributed by atoms with Crippen molar-refractivity contribution in [2.24, 2.45) is 5.92 Å². The van der Waals surface area contributed by atoms with Gasteiger partial charge in [0.1, 0.15) is 5.75 Å². The Hall–Kier alpha value is -1.76. The second-order valence-electron chi connectivity index (χ2n) is 5.95. The lowest BCUT2D eigenvalue weighted by atomic mass is 9.81. The molecule has 112 valence electrons. The molecule has 0 saturated carbocycles. The smallest absolute Gasteiger partial charge is 0.118 e. The van der Waals surface area contributed by atoms with Gasteiger partial charge < -0.3 is 4.74 Å². The van der Waals surface area contributed by atoms with Gasteiger partial charge in [-0.25, -0.2) is 0 Å². The lowest BCUT2D eigenvalue weighted by Crippen LogP contribution is -2.12. The summed E-state index contributed by atoms with van der Waals surface area (Å²) in [6.45, 7) is 6.76. The van der Waals surface area contributed by atoms with Crippen molar-refractivity contribution in [2.45, 2.75) is 39.5 Å². The van der Waals surface area contributed by atoms with Crippen molar-refractivity contribution < 1.29 is 4.74 Å². The van der Waals surface area contributed by atoms with Crippen molar-refractivity contribution in [2.75, 3.05) is 7.11 Å². The number of hydrogen-bond donors (Lipinski definition) is 0. The van der Waals surface area contributed by atoms with E-state index in [-0.39, 0.29) is 0 Å². The number of methoxy groups -OCH3 is 1. The summed E-state index contributed by atoms with van der Waals surface area (Å²) < 4.78 is 5.27. The van der Waals surface area contributed by atoms with E-state index in [1.807, 2.05) is 0 Å². The Kier molecular flexibility index (Phi) is 5.44. The highest BCUT2D eigenvalue weighted by Crippen LogP contribution is 2.31. The van der Waals surface area contributed by atoms with Crippen LogP contribution in [0.15, 0.2) is 48.5 Å². The predicted molar refractivity (Wildman–Crippen MR) is 90.1 cm³/mol. The van der Waals surface area contributed by atoms with Gasteiger partial charge in [0.25, 0.3) is 0 Å². The molecule has 0 bridgehead atoms. The third kappa shape index (κ3) is 4.10. The molecule has 0 heterocycles. The zero-order valence-corrected chi connectivity index (χ0v) is 13.6. The van der Waals surface area contributed by atoms with E-state index in [4.69, 9.17) is 4.74 Å². The highest BCUT2D eigenvalue weighted by atomic mass is 16.5. The van der Waals surface area contributed by atoms with E-state index < -0.39 is 0 Å². The van der Waals surface area contributed by atoms with Gasteiger partial charge in [-0.15, -0.1) is 0 Å². The van der Waals surface area contributed by atoms with Crippen molar-refractivity contribution in [1.29, 1.82) is 0 Å². The summed E-state index contributed by atoms with van der Waals surface area (Å²) in [5.41, 5.74) is 4.15. The predicted octanol–water partition coefficient (Wildman–Crippen LogP) is 5.38. The molecular weight excluding hydrogens is 256 g/mol. The first-order valence-electron chi connectivity index (χ1n) is 7.83. The maximum absolute atomic E-state index is 5.27. The van der Waals surface area contributed by atoms with Crippen LogP contribution in [-0.4, -0.2) is 7.11 Å². The van der Waals surface area contributed by atoms with Gasteiger partial charge in [-0.1, -0.05) is 62.2 Å². The fraction of sp³-hybridized carbons (Fsp3) is 0.400. The Labute approximate surface area is 129 Å². The molecule has 0 saturated heterocycles. The fourth-order valence-electron chi connectivity index (χ4n) is 2.76. The third-order valence-electron chi connectivity index (χ3n) is 4.45. The minimum Gasteiger partial charge on any atom is -0.497 e. The molecular formula is C20H26O. The maximum Gasteiger partial charge on any atom is 0.118 e. The molecule has 0 aliphatic heterocycles. The summed E-state index contributed by atoms with van der Waals surface area (Å²) in [6.07, 6.45) is 2.30. The normalized spacial score (nSPS) is 13.7. The topological polar surface area (TPSA) is 9.23 Å². The molecule has 2 aromatic rings. The first kappa shape index (κ1) is 15.6. The summed E-state index contributed by atoms with van der Waals surface area (Å²) in [5.74, 6) is 2.15. The van der Waals surface area contributed by atoms with Gasteiger partial charge in [0, 0.05) is 0 Å². The van der Waals surface area contributed by atoms with Crippen LogP contribution >= 0.6 is 0 Å². The average molecular weight is 282 g/mol. The molecule has 1 heteroatoms. The number of aryl methyl sites for hydroxylation is 1. The van der Waals surface area contributed by atoms with Gasteiger partial charge in [0.05, 0.1) is 7.11 Å². The fourth-order valence-corrected chi connectivity index (χ4v) is 2.76. The summed E-state index contributed by atoms with van der Waals surface area (Å²) in [6, 6.07) is 17.5. The minimum absolute atomic E-state index is 0.559. The third-order valence-corrected chi connectivity index (χ3v) is 4.45. The van der Waals surface area contributed by atoms with Crippen molar-refractivity contribution in [3.63, 3.8) is 0 Å². The molecule has 21 heavy (non-hydrogen) atoms. The van der Waals surface area contributed by atoms with Gasteiger partial charge >= 0.3 is 0 Å². The van der Waals surface area contributed by atoms with Crippen LogP contribution in [0.2, 0.25) is 0 Å². The first-order chi connectivity index (χ1) is 10.1. The lowest BCUT2D eigenvalue weighted by molar-refractivity contribution is 0.412. The molecule has 0 amide bonds. The van der Waals surface area contributed by atoms with Crippen molar-refractivity contribution in [3.05, 3.63) is 65.2 Å². The molecule has 2 aromatic carbocycles. The molecule has 0 aromatic heterocycles. The highest BCUT2D eigenvalue weighted by molar-refractivity contribution is 5.31. The number of benzene rings is 2. The monoisotopic (exact) mass is 282 g/mol. The quantitative estimate of drug-likeness (QED) is 0.691. The summed E-state index contributed by atoms with van der Waals surface area (Å²) in [4.78, 5) is 0. The van der Waals surface area contributed by atoms with Crippen LogP contribution in [0.4, 0.5) is 0 Å². The molecule has 2 rings (SSSR count). The van der Waals surface area contributed by atoms with Crippen LogP contribution in [0.5, 0.6) is 5.75 Å². The molecule has 0 aliphatic carbocycles. The largest absolute Gasteiger partial charge is 0.497 e. The number of ether oxygens (including phenoxy) is 1. The van der Waals surface area contributed by atoms with E-state index in [0.29, 0.717) is 11.8 Å². The molecule has 0 aliphatic rings. The van der Waals surface area contributed by atoms with E-state index in [1.165, 1.54) is 23.1 Å². The van der Waals surface area contributed by atoms with E-state index in [9.17, 15) is 0 Å². The zero-order chi connectivity index (χ0) is 15.2. The number of hydrogen-bond acceptors (Lipinski definition) is 1. The lowest BCUT2D eigenvalue weighted by Gasteiger charge is -2.24. The second kappa shape index (κ2) is 7.31. The SMILES string of the molecule is CCC(C)C(Cc1ccc(C)cc1)c1ccc(OC)cc1. The van der Waals surface area contributed by atoms with Gasteiger partial charge in [-0.2, -0.15) is 0 Å². The maximum atomic E-state index is 5.27. The highest BCUT2D eigenvalue weighted by Gasteiger charge is 2.18. The molecule has 0 radical (unpaired) electrons. The Morgan fingerprint density at radius 1 is 0.952 bits per heavy atom. The standard InChI is InChI=1S/C20H26O/c1-5-16(3)20(14-17-8-6-15(2)7-9-17)18-10-12-19(21-4)13-11-18/h6-13,16,20H,5,14H2,1-4H3. The molecule has 0 fully saturated rings. The van der Waals surface area contributed by atoms with E-state index in [1.54, 1.807) is 7.11 Å². The minimum atomic E-state index is 0.559. The second-order valence-corrected chi connectivity index (χ2v) is 5.95. The van der Waals surface area contributed by atoms with Crippen LogP contribution in [0.1, 0.15) is 42.9 Å². The van der Waals surface area contributed by atoms with Crippen molar-refractivity contribution in [3.8, 4) is 5.75 Å². The summed E-state index contributed by atoms with van der Waals surface area (Å²) in [5, 5.41) is 0. The molecule has 0 spiro atoms. The van der Waals surface area contributed by atoms with E-state index in [0.717, 1.165) is 12.2 Å². The van der Waals surface area contributed by atoms with Gasteiger partial charge in [0.15, 0.2) is 0 Å². The molecule has 1 nitrogen and oxygen atoms in total. The zero-order valence-electron chi connectivity index (χ0n) is 13.6. The van der Waals surface area contributed by atoms with Gasteiger partial charge in [-0.3, -0.25) is 0 Å². The van der Waals surface area contributed by atoms with Gasteiger partial charge in [0.2, 0.25) is 0 Å². The summed E-state index contributed by atoms with van der Waals surface area (Å²) >= 11 is 0.